The van der Waals surface area contributed by atoms with Crippen molar-refractivity contribution in [1.82, 2.24) is 19.5 Å². The van der Waals surface area contributed by atoms with Crippen molar-refractivity contribution in [2.45, 2.75) is 13.1 Å². The molecular formula is C24H17F5N4O4. The Kier molecular flexibility index (Phi) is 6.46. The fourth-order valence-corrected chi connectivity index (χ4v) is 3.62. The van der Waals surface area contributed by atoms with E-state index >= 15 is 0 Å². The Morgan fingerprint density at radius 2 is 1.78 bits per heavy atom. The van der Waals surface area contributed by atoms with E-state index in [1.54, 1.807) is 31.6 Å². The highest BCUT2D eigenvalue weighted by molar-refractivity contribution is 5.98. The van der Waals surface area contributed by atoms with Crippen molar-refractivity contribution in [2.24, 2.45) is 7.05 Å². The van der Waals surface area contributed by atoms with Gasteiger partial charge in [-0.2, -0.15) is 13.2 Å². The molecule has 0 spiro atoms. The zero-order chi connectivity index (χ0) is 27.1. The van der Waals surface area contributed by atoms with Gasteiger partial charge in [0.05, 0.1) is 11.0 Å². The minimum atomic E-state index is -5.08. The standard InChI is InChI=1S/C22H16F2N4O2.C2HF3O2/c1-11-26-17-8-14(15-10-28(2)22(29)21-13(15)5-6-25-21)20(9-18(17)27-11)30-19-4-3-12(23)7-16(19)24;3-2(4,5)1(6)7/h3-10,25H,1-2H3,(H,26,27);(H,6,7). The molecule has 0 aliphatic heterocycles. The molecule has 0 amide bonds. The third-order valence-corrected chi connectivity index (χ3v) is 5.24. The van der Waals surface area contributed by atoms with E-state index in [-0.39, 0.29) is 11.3 Å². The highest BCUT2D eigenvalue weighted by atomic mass is 19.4. The number of imidazole rings is 1. The van der Waals surface area contributed by atoms with Gasteiger partial charge in [0, 0.05) is 48.1 Å². The normalized spacial score (nSPS) is 11.4. The minimum absolute atomic E-state index is 0.112. The van der Waals surface area contributed by atoms with Crippen molar-refractivity contribution in [3.8, 4) is 22.6 Å². The number of benzene rings is 2. The number of hydrogen-bond acceptors (Lipinski definition) is 4. The number of ether oxygens (including phenoxy) is 1. The number of nitrogens with one attached hydrogen (secondary N) is 2. The molecule has 192 valence electrons. The number of aliphatic carboxylic acids is 1. The topological polar surface area (TPSA) is 113 Å². The van der Waals surface area contributed by atoms with Gasteiger partial charge in [-0.05, 0) is 31.2 Å². The summed E-state index contributed by atoms with van der Waals surface area (Å²) in [5.74, 6) is -3.32. The Hall–Kier alpha value is -4.68. The number of halogens is 5. The highest BCUT2D eigenvalue weighted by Crippen LogP contribution is 2.39. The molecule has 0 aliphatic carbocycles. The molecule has 3 heterocycles. The molecular weight excluding hydrogens is 503 g/mol. The lowest BCUT2D eigenvalue weighted by Gasteiger charge is -2.14. The van der Waals surface area contributed by atoms with Gasteiger partial charge in [0.1, 0.15) is 22.9 Å². The zero-order valence-electron chi connectivity index (χ0n) is 19.1. The first-order valence-corrected chi connectivity index (χ1v) is 10.5. The predicted molar refractivity (Wildman–Crippen MR) is 123 cm³/mol. The van der Waals surface area contributed by atoms with Crippen LogP contribution in [-0.2, 0) is 11.8 Å². The summed E-state index contributed by atoms with van der Waals surface area (Å²) >= 11 is 0. The summed E-state index contributed by atoms with van der Waals surface area (Å²) in [7, 11) is 1.66. The molecule has 0 saturated carbocycles. The third kappa shape index (κ3) is 5.15. The second-order valence-corrected chi connectivity index (χ2v) is 7.89. The van der Waals surface area contributed by atoms with Crippen molar-refractivity contribution in [3.05, 3.63) is 76.6 Å². The molecule has 3 N–H and O–H groups in total. The van der Waals surface area contributed by atoms with Crippen LogP contribution >= 0.6 is 0 Å². The summed E-state index contributed by atoms with van der Waals surface area (Å²) < 4.78 is 66.7. The molecule has 5 rings (SSSR count). The Morgan fingerprint density at radius 1 is 1.08 bits per heavy atom. The fourth-order valence-electron chi connectivity index (χ4n) is 3.62. The maximum absolute atomic E-state index is 14.3. The number of aryl methyl sites for hydroxylation is 2. The third-order valence-electron chi connectivity index (χ3n) is 5.24. The van der Waals surface area contributed by atoms with E-state index in [9.17, 15) is 26.7 Å². The molecule has 0 unspecified atom stereocenters. The van der Waals surface area contributed by atoms with Crippen LogP contribution in [0.3, 0.4) is 0 Å². The van der Waals surface area contributed by atoms with Gasteiger partial charge >= 0.3 is 12.1 Å². The average Bonchev–Trinajstić information content (AvgIpc) is 3.43. The number of fused-ring (bicyclic) bond motifs is 2. The van der Waals surface area contributed by atoms with Crippen LogP contribution in [0.25, 0.3) is 33.1 Å². The van der Waals surface area contributed by atoms with E-state index in [0.717, 1.165) is 23.2 Å². The number of rotatable bonds is 3. The molecule has 0 fully saturated rings. The van der Waals surface area contributed by atoms with E-state index in [1.807, 2.05) is 13.0 Å². The van der Waals surface area contributed by atoms with Crippen molar-refractivity contribution in [1.29, 1.82) is 0 Å². The molecule has 37 heavy (non-hydrogen) atoms. The van der Waals surface area contributed by atoms with Gasteiger partial charge in [-0.25, -0.2) is 18.6 Å². The van der Waals surface area contributed by atoms with Crippen LogP contribution in [0.1, 0.15) is 5.82 Å². The van der Waals surface area contributed by atoms with E-state index in [0.29, 0.717) is 33.6 Å². The number of pyridine rings is 1. The van der Waals surface area contributed by atoms with Crippen LogP contribution in [0.4, 0.5) is 22.0 Å². The molecule has 13 heteroatoms. The number of carboxylic acids is 1. The molecule has 8 nitrogen and oxygen atoms in total. The van der Waals surface area contributed by atoms with Gasteiger partial charge in [-0.3, -0.25) is 4.79 Å². The van der Waals surface area contributed by atoms with E-state index in [4.69, 9.17) is 14.6 Å². The smallest absolute Gasteiger partial charge is 0.475 e. The monoisotopic (exact) mass is 520 g/mol. The molecule has 5 aromatic rings. The van der Waals surface area contributed by atoms with Crippen LogP contribution in [0.15, 0.2) is 53.6 Å². The molecule has 3 aromatic heterocycles. The van der Waals surface area contributed by atoms with Crippen molar-refractivity contribution < 1.29 is 36.6 Å². The zero-order valence-corrected chi connectivity index (χ0v) is 19.1. The number of H-pyrrole nitrogens is 2. The molecule has 0 aliphatic rings. The number of nitrogens with zero attached hydrogens (tertiary/aromatic N) is 2. The predicted octanol–water partition coefficient (Wildman–Crippen LogP) is 5.42. The maximum Gasteiger partial charge on any atom is 0.490 e. The van der Waals surface area contributed by atoms with Crippen molar-refractivity contribution >= 4 is 27.9 Å². The first-order chi connectivity index (χ1) is 17.3. The summed E-state index contributed by atoms with van der Waals surface area (Å²) in [5, 5.41) is 7.83. The van der Waals surface area contributed by atoms with E-state index in [2.05, 4.69) is 15.0 Å². The fraction of sp³-hybridized carbons (Fsp3) is 0.125. The number of carboxylic acid groups (broad SMARTS) is 1. The second kappa shape index (κ2) is 9.41. The number of aromatic nitrogens is 4. The SMILES string of the molecule is Cc1nc2cc(Oc3ccc(F)cc3F)c(-c3cn(C)c(=O)c4[nH]ccc34)cc2[nH]1.O=C(O)C(F)(F)F. The van der Waals surface area contributed by atoms with Crippen LogP contribution in [0.2, 0.25) is 0 Å². The lowest BCUT2D eigenvalue weighted by atomic mass is 10.0. The first kappa shape index (κ1) is 25.4. The minimum Gasteiger partial charge on any atom is -0.475 e. The maximum atomic E-state index is 14.3. The second-order valence-electron chi connectivity index (χ2n) is 7.89. The lowest BCUT2D eigenvalue weighted by molar-refractivity contribution is -0.192. The highest BCUT2D eigenvalue weighted by Gasteiger charge is 2.38. The first-order valence-electron chi connectivity index (χ1n) is 10.5. The quantitative estimate of drug-likeness (QED) is 0.275. The average molecular weight is 520 g/mol. The van der Waals surface area contributed by atoms with E-state index < -0.39 is 23.8 Å². The van der Waals surface area contributed by atoms with Crippen LogP contribution in [0.5, 0.6) is 11.5 Å². The van der Waals surface area contributed by atoms with Gasteiger partial charge < -0.3 is 24.4 Å². The molecule has 0 bridgehead atoms. The summed E-state index contributed by atoms with van der Waals surface area (Å²) in [6.07, 6.45) is -1.69. The Bertz CT molecular complexity index is 1700. The van der Waals surface area contributed by atoms with Gasteiger partial charge in [0.25, 0.3) is 5.56 Å². The molecule has 0 radical (unpaired) electrons. The van der Waals surface area contributed by atoms with Gasteiger partial charge in [0.15, 0.2) is 11.6 Å². The van der Waals surface area contributed by atoms with Crippen LogP contribution in [-0.4, -0.2) is 36.8 Å². The number of aromatic amines is 2. The number of carbonyl (C=O) groups is 1. The van der Waals surface area contributed by atoms with Gasteiger partial charge in [-0.1, -0.05) is 0 Å². The molecule has 2 aromatic carbocycles. The molecule has 0 atom stereocenters. The summed E-state index contributed by atoms with van der Waals surface area (Å²) in [4.78, 5) is 31.9. The Labute approximate surface area is 204 Å². The molecule has 0 saturated heterocycles. The van der Waals surface area contributed by atoms with Crippen molar-refractivity contribution in [3.63, 3.8) is 0 Å². The summed E-state index contributed by atoms with van der Waals surface area (Å²) in [6, 6.07) is 8.48. The largest absolute Gasteiger partial charge is 0.490 e. The number of hydrogen-bond donors (Lipinski definition) is 3. The van der Waals surface area contributed by atoms with Gasteiger partial charge in [0.2, 0.25) is 0 Å². The Balaban J connectivity index is 0.000000405. The van der Waals surface area contributed by atoms with Crippen molar-refractivity contribution in [2.75, 3.05) is 0 Å². The number of alkyl halides is 3. The lowest BCUT2D eigenvalue weighted by Crippen LogP contribution is -2.21. The van der Waals surface area contributed by atoms with Crippen LogP contribution < -0.4 is 10.3 Å². The Morgan fingerprint density at radius 3 is 2.43 bits per heavy atom. The summed E-state index contributed by atoms with van der Waals surface area (Å²) in [5.41, 5.74) is 3.06. The van der Waals surface area contributed by atoms with E-state index in [1.165, 1.54) is 10.6 Å². The van der Waals surface area contributed by atoms with Gasteiger partial charge in [-0.15, -0.1) is 0 Å². The summed E-state index contributed by atoms with van der Waals surface area (Å²) in [6.45, 7) is 1.83. The van der Waals surface area contributed by atoms with Crippen LogP contribution in [0, 0.1) is 18.6 Å².